The van der Waals surface area contributed by atoms with Crippen molar-refractivity contribution in [1.29, 1.82) is 0 Å². The molecule has 1 N–H and O–H groups in total. The molecule has 18 heavy (non-hydrogen) atoms. The van der Waals surface area contributed by atoms with E-state index in [1.54, 1.807) is 0 Å². The first-order valence-corrected chi connectivity index (χ1v) is 8.31. The molecule has 0 amide bonds. The lowest BCUT2D eigenvalue weighted by molar-refractivity contribution is -0.447. The van der Waals surface area contributed by atoms with Gasteiger partial charge in [0, 0.05) is 5.75 Å². The van der Waals surface area contributed by atoms with Crippen LogP contribution in [0.4, 0.5) is 0 Å². The minimum atomic E-state index is -0.761. The van der Waals surface area contributed by atoms with Gasteiger partial charge in [-0.15, -0.1) is 0 Å². The van der Waals surface area contributed by atoms with Crippen LogP contribution in [0.15, 0.2) is 0 Å². The van der Waals surface area contributed by atoms with E-state index < -0.39 is 11.2 Å². The number of unbranched alkanes of at least 4 members (excludes halogenated alkanes) is 1. The van der Waals surface area contributed by atoms with Crippen molar-refractivity contribution < 1.29 is 14.9 Å². The lowest BCUT2D eigenvalue weighted by Gasteiger charge is -2.53. The van der Waals surface area contributed by atoms with Crippen LogP contribution in [0.2, 0.25) is 0 Å². The fourth-order valence-electron chi connectivity index (χ4n) is 2.93. The molecule has 106 valence electrons. The molecule has 4 heteroatoms. The van der Waals surface area contributed by atoms with E-state index in [1.165, 1.54) is 12.8 Å². The maximum atomic E-state index is 10.7. The van der Waals surface area contributed by atoms with Crippen LogP contribution in [0.5, 0.6) is 0 Å². The molecule has 1 saturated heterocycles. The van der Waals surface area contributed by atoms with Crippen LogP contribution in [0.25, 0.3) is 0 Å². The van der Waals surface area contributed by atoms with Gasteiger partial charge in [0.1, 0.15) is 5.60 Å². The molecule has 1 saturated carbocycles. The summed E-state index contributed by atoms with van der Waals surface area (Å²) in [5.41, 5.74) is -1.26. The van der Waals surface area contributed by atoms with Gasteiger partial charge in [-0.25, -0.2) is 9.78 Å². The standard InChI is InChI=1S/C14H26O3S/c1-4-5-8-18-10-14-9-12(11(2)16-17-14)6-7-13(14,3)15/h11-12,15H,4-10H2,1-3H3. The molecule has 2 fully saturated rings. The number of hydrogen-bond acceptors (Lipinski definition) is 4. The first kappa shape index (κ1) is 14.6. The highest BCUT2D eigenvalue weighted by molar-refractivity contribution is 7.99. The second-order valence-corrected chi connectivity index (χ2v) is 7.17. The molecule has 0 aromatic heterocycles. The summed E-state index contributed by atoms with van der Waals surface area (Å²) in [6.45, 7) is 6.18. The number of fused-ring (bicyclic) bond motifs is 2. The van der Waals surface area contributed by atoms with Crippen LogP contribution in [-0.4, -0.2) is 33.9 Å². The number of hydrogen-bond donors (Lipinski definition) is 1. The molecule has 0 radical (unpaired) electrons. The molecular weight excluding hydrogens is 248 g/mol. The summed E-state index contributed by atoms with van der Waals surface area (Å²) in [5, 5.41) is 10.7. The largest absolute Gasteiger partial charge is 0.387 e. The predicted octanol–water partition coefficient (Wildman–Crippen LogP) is 3.16. The summed E-state index contributed by atoms with van der Waals surface area (Å²) in [7, 11) is 0. The quantitative estimate of drug-likeness (QED) is 0.617. The normalized spacial score (nSPS) is 44.0. The Bertz CT molecular complexity index is 282. The van der Waals surface area contributed by atoms with Crippen LogP contribution in [-0.2, 0) is 9.78 Å². The second kappa shape index (κ2) is 5.70. The Morgan fingerprint density at radius 2 is 2.22 bits per heavy atom. The van der Waals surface area contributed by atoms with Gasteiger partial charge in [-0.2, -0.15) is 11.8 Å². The minimum Gasteiger partial charge on any atom is -0.387 e. The fraction of sp³-hybridized carbons (Fsp3) is 1.00. The predicted molar refractivity (Wildman–Crippen MR) is 74.6 cm³/mol. The molecule has 2 aliphatic rings. The third kappa shape index (κ3) is 2.72. The summed E-state index contributed by atoms with van der Waals surface area (Å²) in [6, 6.07) is 0. The van der Waals surface area contributed by atoms with Gasteiger partial charge in [-0.1, -0.05) is 13.3 Å². The van der Waals surface area contributed by atoms with Gasteiger partial charge in [0.05, 0.1) is 11.7 Å². The average molecular weight is 274 g/mol. The molecule has 1 aliphatic heterocycles. The van der Waals surface area contributed by atoms with Crippen LogP contribution in [0.3, 0.4) is 0 Å². The Balaban J connectivity index is 2.01. The molecule has 1 heterocycles. The molecule has 4 atom stereocenters. The lowest BCUT2D eigenvalue weighted by atomic mass is 9.67. The zero-order chi connectivity index (χ0) is 13.2. The molecule has 2 rings (SSSR count). The van der Waals surface area contributed by atoms with Gasteiger partial charge in [0.25, 0.3) is 0 Å². The van der Waals surface area contributed by atoms with E-state index in [-0.39, 0.29) is 6.10 Å². The zero-order valence-electron chi connectivity index (χ0n) is 11.8. The van der Waals surface area contributed by atoms with Gasteiger partial charge in [-0.05, 0) is 51.2 Å². The van der Waals surface area contributed by atoms with Crippen LogP contribution < -0.4 is 0 Å². The zero-order valence-corrected chi connectivity index (χ0v) is 12.6. The van der Waals surface area contributed by atoms with E-state index in [2.05, 4.69) is 13.8 Å². The molecule has 2 bridgehead atoms. The van der Waals surface area contributed by atoms with E-state index in [4.69, 9.17) is 9.78 Å². The highest BCUT2D eigenvalue weighted by Crippen LogP contribution is 2.49. The van der Waals surface area contributed by atoms with Gasteiger partial charge in [0.15, 0.2) is 0 Å². The van der Waals surface area contributed by atoms with Crippen LogP contribution in [0, 0.1) is 5.92 Å². The molecule has 1 aliphatic carbocycles. The van der Waals surface area contributed by atoms with Crippen LogP contribution in [0.1, 0.15) is 52.9 Å². The summed E-state index contributed by atoms with van der Waals surface area (Å²) >= 11 is 1.88. The summed E-state index contributed by atoms with van der Waals surface area (Å²) in [6.07, 6.45) is 5.39. The first-order valence-electron chi connectivity index (χ1n) is 7.15. The number of rotatable bonds is 5. The second-order valence-electron chi connectivity index (χ2n) is 6.06. The van der Waals surface area contributed by atoms with E-state index >= 15 is 0 Å². The minimum absolute atomic E-state index is 0.162. The number of aliphatic hydroxyl groups is 1. The van der Waals surface area contributed by atoms with Crippen molar-refractivity contribution in [2.24, 2.45) is 5.92 Å². The van der Waals surface area contributed by atoms with E-state index in [9.17, 15) is 5.11 Å². The fourth-order valence-corrected chi connectivity index (χ4v) is 4.38. The topological polar surface area (TPSA) is 38.7 Å². The van der Waals surface area contributed by atoms with Crippen molar-refractivity contribution in [2.75, 3.05) is 11.5 Å². The Morgan fingerprint density at radius 3 is 2.94 bits per heavy atom. The maximum Gasteiger partial charge on any atom is 0.141 e. The van der Waals surface area contributed by atoms with Crippen molar-refractivity contribution in [2.45, 2.75) is 70.2 Å². The molecule has 4 unspecified atom stereocenters. The number of thioether (sulfide) groups is 1. The molecule has 3 nitrogen and oxygen atoms in total. The Labute approximate surface area is 115 Å². The molecule has 0 aromatic carbocycles. The van der Waals surface area contributed by atoms with Gasteiger partial charge >= 0.3 is 0 Å². The molecule has 0 spiro atoms. The monoisotopic (exact) mass is 274 g/mol. The Hall–Kier alpha value is 0.230. The van der Waals surface area contributed by atoms with Gasteiger partial charge in [0.2, 0.25) is 0 Å². The third-order valence-corrected chi connectivity index (χ3v) is 5.82. The van der Waals surface area contributed by atoms with Gasteiger partial charge in [-0.3, -0.25) is 0 Å². The van der Waals surface area contributed by atoms with E-state index in [1.807, 2.05) is 18.7 Å². The summed E-state index contributed by atoms with van der Waals surface area (Å²) < 4.78 is 0. The first-order chi connectivity index (χ1) is 8.51. The van der Waals surface area contributed by atoms with Crippen molar-refractivity contribution in [3.05, 3.63) is 0 Å². The maximum absolute atomic E-state index is 10.7. The van der Waals surface area contributed by atoms with Crippen molar-refractivity contribution in [1.82, 2.24) is 0 Å². The van der Waals surface area contributed by atoms with Crippen molar-refractivity contribution >= 4 is 11.8 Å². The van der Waals surface area contributed by atoms with E-state index in [0.717, 1.165) is 30.8 Å². The summed E-state index contributed by atoms with van der Waals surface area (Å²) in [5.74, 6) is 2.51. The lowest BCUT2D eigenvalue weighted by Crippen LogP contribution is -2.63. The third-order valence-electron chi connectivity index (χ3n) is 4.58. The SMILES string of the molecule is CCCCSCC12CC(CCC1(C)O)C(C)OO2. The van der Waals surface area contributed by atoms with Crippen LogP contribution >= 0.6 is 11.8 Å². The summed E-state index contributed by atoms with van der Waals surface area (Å²) in [4.78, 5) is 11.1. The Kier molecular flexibility index (Phi) is 4.63. The average Bonchev–Trinajstić information content (AvgIpc) is 2.34. The molecule has 0 aromatic rings. The highest BCUT2D eigenvalue weighted by Gasteiger charge is 2.57. The Morgan fingerprint density at radius 1 is 1.44 bits per heavy atom. The van der Waals surface area contributed by atoms with Gasteiger partial charge < -0.3 is 5.11 Å². The highest BCUT2D eigenvalue weighted by atomic mass is 32.2. The molecular formula is C14H26O3S. The smallest absolute Gasteiger partial charge is 0.141 e. The van der Waals surface area contributed by atoms with E-state index in [0.29, 0.717) is 5.92 Å². The van der Waals surface area contributed by atoms with Crippen molar-refractivity contribution in [3.63, 3.8) is 0 Å². The van der Waals surface area contributed by atoms with Crippen molar-refractivity contribution in [3.8, 4) is 0 Å².